The maximum atomic E-state index is 13.2. The number of rotatable bonds is 8. The number of anilines is 2. The van der Waals surface area contributed by atoms with Gasteiger partial charge in [-0.2, -0.15) is 0 Å². The minimum absolute atomic E-state index is 0.00485. The molecule has 0 radical (unpaired) electrons. The fourth-order valence-corrected chi connectivity index (χ4v) is 5.36. The molecule has 32 heavy (non-hydrogen) atoms. The Balaban J connectivity index is 2.01. The van der Waals surface area contributed by atoms with E-state index in [9.17, 15) is 8.42 Å². The maximum absolute atomic E-state index is 13.2. The molecule has 0 spiro atoms. The van der Waals surface area contributed by atoms with Gasteiger partial charge >= 0.3 is 0 Å². The molecule has 2 aromatic heterocycles. The van der Waals surface area contributed by atoms with E-state index < -0.39 is 10.0 Å². The summed E-state index contributed by atoms with van der Waals surface area (Å²) < 4.78 is 34.1. The summed E-state index contributed by atoms with van der Waals surface area (Å²) in [6.45, 7) is 10.4. The van der Waals surface area contributed by atoms with Crippen LogP contribution in [0.3, 0.4) is 0 Å². The van der Waals surface area contributed by atoms with Gasteiger partial charge in [0.1, 0.15) is 4.90 Å². The first-order chi connectivity index (χ1) is 14.9. The summed E-state index contributed by atoms with van der Waals surface area (Å²) in [5.41, 5.74) is 1.55. The van der Waals surface area contributed by atoms with Crippen molar-refractivity contribution in [1.29, 1.82) is 0 Å². The Morgan fingerprint density at radius 3 is 2.53 bits per heavy atom. The van der Waals surface area contributed by atoms with Crippen molar-refractivity contribution in [2.45, 2.75) is 45.1 Å². The number of sulfonamides is 1. The van der Waals surface area contributed by atoms with E-state index in [1.807, 2.05) is 6.92 Å². The fraction of sp³-hybridized carbons (Fsp3) is 0.364. The van der Waals surface area contributed by atoms with E-state index in [2.05, 4.69) is 47.7 Å². The Labute approximate surface area is 198 Å². The zero-order chi connectivity index (χ0) is 23.7. The summed E-state index contributed by atoms with van der Waals surface area (Å²) >= 11 is 7.59. The number of thiazole rings is 1. The zero-order valence-corrected chi connectivity index (χ0v) is 21.2. The number of benzene rings is 1. The first-order valence-corrected chi connectivity index (χ1v) is 12.7. The van der Waals surface area contributed by atoms with Crippen LogP contribution in [0.5, 0.6) is 5.88 Å². The summed E-state index contributed by atoms with van der Waals surface area (Å²) in [7, 11) is -2.63. The number of aromatic nitrogens is 2. The van der Waals surface area contributed by atoms with Crippen LogP contribution in [0.4, 0.5) is 10.8 Å². The van der Waals surface area contributed by atoms with Crippen LogP contribution in [-0.2, 0) is 10.0 Å². The number of hydrogen-bond acceptors (Lipinski definition) is 7. The van der Waals surface area contributed by atoms with Crippen LogP contribution in [0, 0.1) is 12.8 Å². The standard InChI is InChI=1S/C22H27ClN4O3S2/c1-13(2)22(4,5)26-21-25-14(3)19(31-21)15-11-18(20(30-6)24-12-15)32(28,29)27-17-10-8-7-9-16(17)23/h7-13,27H,1-6H3,(H,25,26). The molecule has 0 fully saturated rings. The average Bonchev–Trinajstić information content (AvgIpc) is 3.08. The molecule has 0 bridgehead atoms. The topological polar surface area (TPSA) is 93.2 Å². The zero-order valence-electron chi connectivity index (χ0n) is 18.9. The third kappa shape index (κ3) is 5.16. The first-order valence-electron chi connectivity index (χ1n) is 10.0. The van der Waals surface area contributed by atoms with Gasteiger partial charge in [0.15, 0.2) is 5.13 Å². The van der Waals surface area contributed by atoms with E-state index in [1.54, 1.807) is 36.5 Å². The summed E-state index contributed by atoms with van der Waals surface area (Å²) in [5.74, 6) is 0.389. The van der Waals surface area contributed by atoms with Gasteiger partial charge in [0.2, 0.25) is 5.88 Å². The van der Waals surface area contributed by atoms with Gasteiger partial charge in [-0.05, 0) is 44.9 Å². The van der Waals surface area contributed by atoms with Crippen molar-refractivity contribution in [1.82, 2.24) is 9.97 Å². The SMILES string of the molecule is COc1ncc(-c2sc(NC(C)(C)C(C)C)nc2C)cc1S(=O)(=O)Nc1ccccc1Cl. The van der Waals surface area contributed by atoms with E-state index in [1.165, 1.54) is 18.4 Å². The molecule has 0 unspecified atom stereocenters. The highest BCUT2D eigenvalue weighted by atomic mass is 35.5. The Bertz CT molecular complexity index is 1220. The molecule has 3 rings (SSSR count). The second-order valence-corrected chi connectivity index (χ2v) is 11.3. The lowest BCUT2D eigenvalue weighted by Crippen LogP contribution is -2.36. The van der Waals surface area contributed by atoms with Crippen molar-refractivity contribution in [3.8, 4) is 16.3 Å². The van der Waals surface area contributed by atoms with Gasteiger partial charge in [0, 0.05) is 17.3 Å². The number of aryl methyl sites for hydroxylation is 1. The molecule has 0 amide bonds. The second kappa shape index (κ2) is 9.25. The van der Waals surface area contributed by atoms with Gasteiger partial charge in [-0.3, -0.25) is 4.72 Å². The van der Waals surface area contributed by atoms with Crippen LogP contribution in [0.2, 0.25) is 5.02 Å². The number of hydrogen-bond donors (Lipinski definition) is 2. The van der Waals surface area contributed by atoms with E-state index in [-0.39, 0.29) is 22.0 Å². The van der Waals surface area contributed by atoms with Gasteiger partial charge < -0.3 is 10.1 Å². The number of para-hydroxylation sites is 1. The Kier molecular flexibility index (Phi) is 7.02. The van der Waals surface area contributed by atoms with E-state index in [0.29, 0.717) is 16.5 Å². The van der Waals surface area contributed by atoms with Crippen molar-refractivity contribution in [2.24, 2.45) is 5.92 Å². The summed E-state index contributed by atoms with van der Waals surface area (Å²) in [6.07, 6.45) is 1.59. The number of nitrogens with one attached hydrogen (secondary N) is 2. The molecule has 10 heteroatoms. The Morgan fingerprint density at radius 2 is 1.91 bits per heavy atom. The molecule has 1 aromatic carbocycles. The summed E-state index contributed by atoms with van der Waals surface area (Å²) in [5, 5.41) is 4.53. The normalized spacial score (nSPS) is 12.1. The quantitative estimate of drug-likeness (QED) is 0.409. The van der Waals surface area contributed by atoms with Gasteiger partial charge in [-0.15, -0.1) is 0 Å². The van der Waals surface area contributed by atoms with Crippen molar-refractivity contribution in [3.05, 3.63) is 47.2 Å². The predicted octanol–water partition coefficient (Wildman–Crippen LogP) is 5.82. The molecule has 0 aliphatic rings. The van der Waals surface area contributed by atoms with E-state index >= 15 is 0 Å². The molecular weight excluding hydrogens is 468 g/mol. The maximum Gasteiger partial charge on any atom is 0.267 e. The molecule has 0 atom stereocenters. The Morgan fingerprint density at radius 1 is 1.22 bits per heavy atom. The van der Waals surface area contributed by atoms with Gasteiger partial charge in [-0.25, -0.2) is 18.4 Å². The highest BCUT2D eigenvalue weighted by molar-refractivity contribution is 7.92. The minimum atomic E-state index is -4.01. The molecule has 0 saturated heterocycles. The first kappa shape index (κ1) is 24.3. The molecule has 2 N–H and O–H groups in total. The number of ether oxygens (including phenoxy) is 1. The van der Waals surface area contributed by atoms with E-state index in [4.69, 9.17) is 16.3 Å². The molecule has 3 aromatic rings. The molecule has 172 valence electrons. The molecule has 0 aliphatic carbocycles. The predicted molar refractivity (Wildman–Crippen MR) is 131 cm³/mol. The summed E-state index contributed by atoms with van der Waals surface area (Å²) in [4.78, 5) is 9.62. The lowest BCUT2D eigenvalue weighted by atomic mass is 9.91. The monoisotopic (exact) mass is 494 g/mol. The van der Waals surface area contributed by atoms with Gasteiger partial charge in [-0.1, -0.05) is 48.9 Å². The summed E-state index contributed by atoms with van der Waals surface area (Å²) in [6, 6.07) is 8.17. The van der Waals surface area contributed by atoms with Crippen LogP contribution in [-0.4, -0.2) is 31.0 Å². The largest absolute Gasteiger partial charge is 0.480 e. The highest BCUT2D eigenvalue weighted by Gasteiger charge is 2.26. The Hall–Kier alpha value is -2.36. The third-order valence-electron chi connectivity index (χ3n) is 5.35. The second-order valence-electron chi connectivity index (χ2n) is 8.25. The van der Waals surface area contributed by atoms with Crippen LogP contribution >= 0.6 is 22.9 Å². The number of halogens is 1. The minimum Gasteiger partial charge on any atom is -0.480 e. The van der Waals surface area contributed by atoms with Crippen molar-refractivity contribution in [3.63, 3.8) is 0 Å². The third-order valence-corrected chi connectivity index (χ3v) is 8.16. The van der Waals surface area contributed by atoms with Crippen LogP contribution in [0.1, 0.15) is 33.4 Å². The number of pyridine rings is 1. The van der Waals surface area contributed by atoms with E-state index in [0.717, 1.165) is 15.7 Å². The number of methoxy groups -OCH3 is 1. The van der Waals surface area contributed by atoms with Gasteiger partial charge in [0.05, 0.1) is 28.4 Å². The fourth-order valence-electron chi connectivity index (χ4n) is 2.78. The molecule has 0 saturated carbocycles. The number of nitrogens with zero attached hydrogens (tertiary/aromatic N) is 2. The van der Waals surface area contributed by atoms with Crippen molar-refractivity contribution >= 4 is 43.8 Å². The lowest BCUT2D eigenvalue weighted by molar-refractivity contribution is 0.385. The molecular formula is C22H27ClN4O3S2. The molecule has 2 heterocycles. The van der Waals surface area contributed by atoms with Crippen molar-refractivity contribution in [2.75, 3.05) is 17.1 Å². The van der Waals surface area contributed by atoms with Crippen LogP contribution in [0.15, 0.2) is 41.4 Å². The van der Waals surface area contributed by atoms with Crippen LogP contribution < -0.4 is 14.8 Å². The average molecular weight is 495 g/mol. The molecule has 7 nitrogen and oxygen atoms in total. The van der Waals surface area contributed by atoms with Crippen molar-refractivity contribution < 1.29 is 13.2 Å². The lowest BCUT2D eigenvalue weighted by Gasteiger charge is -2.30. The smallest absolute Gasteiger partial charge is 0.267 e. The molecule has 0 aliphatic heterocycles. The highest BCUT2D eigenvalue weighted by Crippen LogP contribution is 2.37. The van der Waals surface area contributed by atoms with Crippen LogP contribution in [0.25, 0.3) is 10.4 Å². The van der Waals surface area contributed by atoms with Gasteiger partial charge in [0.25, 0.3) is 10.0 Å².